The number of amides is 1. The van der Waals surface area contributed by atoms with Gasteiger partial charge in [0.25, 0.3) is 0 Å². The SMILES string of the molecule is CCCCC(=O)[N]Cc1ccccc1. The Morgan fingerprint density at radius 3 is 2.64 bits per heavy atom. The molecule has 1 amide bonds. The maximum atomic E-state index is 11.2. The van der Waals surface area contributed by atoms with Crippen molar-refractivity contribution < 1.29 is 4.79 Å². The van der Waals surface area contributed by atoms with E-state index >= 15 is 0 Å². The Balaban J connectivity index is 2.24. The van der Waals surface area contributed by atoms with Crippen molar-refractivity contribution in [3.05, 3.63) is 35.9 Å². The lowest BCUT2D eigenvalue weighted by atomic mass is 10.2. The van der Waals surface area contributed by atoms with Crippen molar-refractivity contribution in [1.82, 2.24) is 5.32 Å². The topological polar surface area (TPSA) is 31.2 Å². The first-order valence-electron chi connectivity index (χ1n) is 5.07. The van der Waals surface area contributed by atoms with Crippen LogP contribution in [-0.4, -0.2) is 5.91 Å². The third-order valence-corrected chi connectivity index (χ3v) is 2.03. The van der Waals surface area contributed by atoms with E-state index in [4.69, 9.17) is 0 Å². The fraction of sp³-hybridized carbons (Fsp3) is 0.417. The average Bonchev–Trinajstić information content (AvgIpc) is 2.25. The highest BCUT2D eigenvalue weighted by Crippen LogP contribution is 2.00. The molecule has 0 fully saturated rings. The summed E-state index contributed by atoms with van der Waals surface area (Å²) in [5.74, 6) is 0.0238. The van der Waals surface area contributed by atoms with E-state index in [-0.39, 0.29) is 5.91 Å². The molecule has 0 heterocycles. The second-order valence-electron chi connectivity index (χ2n) is 3.30. The van der Waals surface area contributed by atoms with Crippen LogP contribution in [0.25, 0.3) is 0 Å². The standard InChI is InChI=1S/C12H16NO/c1-2-3-9-12(14)13-10-11-7-5-4-6-8-11/h4-8H,2-3,9-10H2,1H3. The summed E-state index contributed by atoms with van der Waals surface area (Å²) in [4.78, 5) is 11.2. The Kier molecular flexibility index (Phi) is 4.76. The molecule has 0 aromatic heterocycles. The van der Waals surface area contributed by atoms with Crippen molar-refractivity contribution in [3.63, 3.8) is 0 Å². The van der Waals surface area contributed by atoms with Crippen LogP contribution in [0, 0.1) is 0 Å². The number of rotatable bonds is 5. The Morgan fingerprint density at radius 2 is 2.00 bits per heavy atom. The monoisotopic (exact) mass is 190 g/mol. The predicted molar refractivity (Wildman–Crippen MR) is 56.8 cm³/mol. The molecule has 0 saturated carbocycles. The molecule has 0 spiro atoms. The second kappa shape index (κ2) is 6.19. The summed E-state index contributed by atoms with van der Waals surface area (Å²) >= 11 is 0. The molecule has 2 heteroatoms. The summed E-state index contributed by atoms with van der Waals surface area (Å²) in [7, 11) is 0. The lowest BCUT2D eigenvalue weighted by molar-refractivity contribution is -0.121. The zero-order valence-corrected chi connectivity index (χ0v) is 8.57. The molecule has 2 nitrogen and oxygen atoms in total. The van der Waals surface area contributed by atoms with E-state index in [9.17, 15) is 4.79 Å². The maximum absolute atomic E-state index is 11.2. The number of carbonyl (C=O) groups is 1. The van der Waals surface area contributed by atoms with Gasteiger partial charge in [-0.3, -0.25) is 4.79 Å². The van der Waals surface area contributed by atoms with Crippen LogP contribution in [0.3, 0.4) is 0 Å². The van der Waals surface area contributed by atoms with Gasteiger partial charge in [0.05, 0.1) is 6.54 Å². The van der Waals surface area contributed by atoms with Crippen LogP contribution in [-0.2, 0) is 11.3 Å². The Hall–Kier alpha value is -1.31. The van der Waals surface area contributed by atoms with Crippen molar-refractivity contribution in [2.75, 3.05) is 0 Å². The van der Waals surface area contributed by atoms with Crippen molar-refractivity contribution in [3.8, 4) is 0 Å². The van der Waals surface area contributed by atoms with E-state index in [1.807, 2.05) is 30.3 Å². The molecule has 0 bridgehead atoms. The fourth-order valence-corrected chi connectivity index (χ4v) is 1.17. The van der Waals surface area contributed by atoms with Crippen molar-refractivity contribution >= 4 is 5.91 Å². The van der Waals surface area contributed by atoms with Gasteiger partial charge in [-0.05, 0) is 12.0 Å². The van der Waals surface area contributed by atoms with E-state index in [1.54, 1.807) is 0 Å². The van der Waals surface area contributed by atoms with Crippen molar-refractivity contribution in [1.29, 1.82) is 0 Å². The zero-order chi connectivity index (χ0) is 10.2. The molecule has 0 saturated heterocycles. The molecule has 0 atom stereocenters. The Bertz CT molecular complexity index is 269. The van der Waals surface area contributed by atoms with E-state index in [0.717, 1.165) is 18.4 Å². The molecule has 1 radical (unpaired) electrons. The van der Waals surface area contributed by atoms with Gasteiger partial charge in [0.2, 0.25) is 5.91 Å². The van der Waals surface area contributed by atoms with Crippen LogP contribution in [0.2, 0.25) is 0 Å². The fourth-order valence-electron chi connectivity index (χ4n) is 1.17. The molecule has 0 N–H and O–H groups in total. The van der Waals surface area contributed by atoms with Gasteiger partial charge >= 0.3 is 0 Å². The highest BCUT2D eigenvalue weighted by molar-refractivity contribution is 5.75. The van der Waals surface area contributed by atoms with Gasteiger partial charge in [0.1, 0.15) is 0 Å². The molecule has 75 valence electrons. The van der Waals surface area contributed by atoms with Gasteiger partial charge in [-0.25, -0.2) is 5.32 Å². The smallest absolute Gasteiger partial charge is 0.241 e. The molecule has 0 unspecified atom stereocenters. The number of benzene rings is 1. The minimum Gasteiger partial charge on any atom is -0.273 e. The van der Waals surface area contributed by atoms with Crippen LogP contribution in [0.1, 0.15) is 31.7 Å². The quantitative estimate of drug-likeness (QED) is 0.701. The number of hydrogen-bond acceptors (Lipinski definition) is 1. The molecule has 1 aromatic rings. The molecular weight excluding hydrogens is 174 g/mol. The lowest BCUT2D eigenvalue weighted by Crippen LogP contribution is -2.14. The van der Waals surface area contributed by atoms with Gasteiger partial charge in [0.15, 0.2) is 0 Å². The summed E-state index contributed by atoms with van der Waals surface area (Å²) in [6, 6.07) is 9.85. The molecule has 1 rings (SSSR count). The predicted octanol–water partition coefficient (Wildman–Crippen LogP) is 2.51. The third kappa shape index (κ3) is 4.08. The molecule has 1 aromatic carbocycles. The summed E-state index contributed by atoms with van der Waals surface area (Å²) in [6.07, 6.45) is 2.58. The van der Waals surface area contributed by atoms with Gasteiger partial charge in [-0.2, -0.15) is 0 Å². The van der Waals surface area contributed by atoms with Crippen LogP contribution in [0.15, 0.2) is 30.3 Å². The van der Waals surface area contributed by atoms with Crippen molar-refractivity contribution in [2.24, 2.45) is 0 Å². The van der Waals surface area contributed by atoms with Gasteiger partial charge < -0.3 is 0 Å². The largest absolute Gasteiger partial charge is 0.273 e. The Labute approximate surface area is 85.3 Å². The van der Waals surface area contributed by atoms with E-state index in [1.165, 1.54) is 0 Å². The number of nitrogens with zero attached hydrogens (tertiary/aromatic N) is 1. The summed E-state index contributed by atoms with van der Waals surface area (Å²) in [5, 5.41) is 3.99. The highest BCUT2D eigenvalue weighted by atomic mass is 16.1. The molecule has 14 heavy (non-hydrogen) atoms. The van der Waals surface area contributed by atoms with Gasteiger partial charge in [-0.15, -0.1) is 0 Å². The second-order valence-corrected chi connectivity index (χ2v) is 3.30. The van der Waals surface area contributed by atoms with Gasteiger partial charge in [0, 0.05) is 6.42 Å². The average molecular weight is 190 g/mol. The molecular formula is C12H16NO. The first-order chi connectivity index (χ1) is 6.83. The first-order valence-corrected chi connectivity index (χ1v) is 5.07. The van der Waals surface area contributed by atoms with Crippen molar-refractivity contribution in [2.45, 2.75) is 32.7 Å². The minimum absolute atomic E-state index is 0.0238. The Morgan fingerprint density at radius 1 is 1.29 bits per heavy atom. The maximum Gasteiger partial charge on any atom is 0.241 e. The number of carbonyl (C=O) groups excluding carboxylic acids is 1. The van der Waals surface area contributed by atoms with Gasteiger partial charge in [-0.1, -0.05) is 43.7 Å². The number of hydrogen-bond donors (Lipinski definition) is 0. The normalized spacial score (nSPS) is 9.79. The number of unbranched alkanes of at least 4 members (excludes halogenated alkanes) is 1. The molecule has 0 aliphatic heterocycles. The summed E-state index contributed by atoms with van der Waals surface area (Å²) in [5.41, 5.74) is 1.09. The van der Waals surface area contributed by atoms with E-state index in [2.05, 4.69) is 12.2 Å². The van der Waals surface area contributed by atoms with Crippen LogP contribution < -0.4 is 5.32 Å². The van der Waals surface area contributed by atoms with Crippen LogP contribution in [0.4, 0.5) is 0 Å². The first kappa shape index (κ1) is 10.8. The van der Waals surface area contributed by atoms with E-state index in [0.29, 0.717) is 13.0 Å². The third-order valence-electron chi connectivity index (χ3n) is 2.03. The van der Waals surface area contributed by atoms with Crippen LogP contribution in [0.5, 0.6) is 0 Å². The summed E-state index contributed by atoms with van der Waals surface area (Å²) in [6.45, 7) is 2.59. The highest BCUT2D eigenvalue weighted by Gasteiger charge is 2.01. The molecule has 0 aliphatic carbocycles. The summed E-state index contributed by atoms with van der Waals surface area (Å²) < 4.78 is 0. The van der Waals surface area contributed by atoms with E-state index < -0.39 is 0 Å². The minimum atomic E-state index is 0.0238. The molecule has 0 aliphatic rings. The zero-order valence-electron chi connectivity index (χ0n) is 8.57. The van der Waals surface area contributed by atoms with Crippen LogP contribution >= 0.6 is 0 Å². The lowest BCUT2D eigenvalue weighted by Gasteiger charge is -2.01.